The fraction of sp³-hybridized carbons (Fsp3) is 0.533. The summed E-state index contributed by atoms with van der Waals surface area (Å²) in [5.74, 6) is -0.675. The van der Waals surface area contributed by atoms with Crippen molar-refractivity contribution in [1.82, 2.24) is 0 Å². The van der Waals surface area contributed by atoms with Gasteiger partial charge < -0.3 is 10.5 Å². The van der Waals surface area contributed by atoms with Gasteiger partial charge in [-0.2, -0.15) is 0 Å². The van der Waals surface area contributed by atoms with E-state index in [1.165, 1.54) is 19.2 Å². The summed E-state index contributed by atoms with van der Waals surface area (Å²) in [5, 5.41) is 0. The van der Waals surface area contributed by atoms with Crippen molar-refractivity contribution in [3.63, 3.8) is 0 Å². The molecule has 3 nitrogen and oxygen atoms in total. The number of halogens is 1. The van der Waals surface area contributed by atoms with Crippen LogP contribution in [0.3, 0.4) is 0 Å². The number of hydrogen-bond donors (Lipinski definition) is 1. The number of esters is 1. The van der Waals surface area contributed by atoms with Crippen LogP contribution >= 0.6 is 0 Å². The quantitative estimate of drug-likeness (QED) is 0.610. The van der Waals surface area contributed by atoms with Crippen LogP contribution in [-0.4, -0.2) is 19.6 Å². The van der Waals surface area contributed by atoms with Crippen LogP contribution < -0.4 is 5.73 Å². The van der Waals surface area contributed by atoms with E-state index in [1.54, 1.807) is 12.1 Å². The molecule has 0 bridgehead atoms. The highest BCUT2D eigenvalue weighted by atomic mass is 19.1. The second-order valence-corrected chi connectivity index (χ2v) is 4.74. The van der Waals surface area contributed by atoms with Gasteiger partial charge in [-0.3, -0.25) is 4.79 Å². The molecule has 0 aliphatic rings. The average molecular weight is 267 g/mol. The third-order valence-electron chi connectivity index (χ3n) is 3.53. The molecule has 4 heteroatoms. The molecule has 1 unspecified atom stereocenters. The van der Waals surface area contributed by atoms with E-state index in [0.717, 1.165) is 24.8 Å². The summed E-state index contributed by atoms with van der Waals surface area (Å²) in [6.45, 7) is 2.26. The number of nitrogens with two attached hydrogens (primary N) is 1. The molecule has 0 saturated heterocycles. The van der Waals surface area contributed by atoms with E-state index < -0.39 is 5.41 Å². The van der Waals surface area contributed by atoms with Gasteiger partial charge in [0, 0.05) is 6.54 Å². The zero-order chi connectivity index (χ0) is 14.3. The molecule has 0 aliphatic heterocycles. The summed E-state index contributed by atoms with van der Waals surface area (Å²) in [6.07, 6.45) is 3.60. The van der Waals surface area contributed by atoms with Gasteiger partial charge in [0.15, 0.2) is 0 Å². The Hall–Kier alpha value is -1.42. The number of unbranched alkanes of at least 4 members (excludes halogenated alkanes) is 2. The Morgan fingerprint density at radius 3 is 2.42 bits per heavy atom. The van der Waals surface area contributed by atoms with Crippen LogP contribution in [0.2, 0.25) is 0 Å². The van der Waals surface area contributed by atoms with Gasteiger partial charge in [0.25, 0.3) is 0 Å². The number of carbonyl (C=O) groups is 1. The van der Waals surface area contributed by atoms with Crippen molar-refractivity contribution in [1.29, 1.82) is 0 Å². The minimum atomic E-state index is -0.863. The van der Waals surface area contributed by atoms with E-state index >= 15 is 0 Å². The van der Waals surface area contributed by atoms with Crippen LogP contribution in [0, 0.1) is 5.82 Å². The van der Waals surface area contributed by atoms with Crippen LogP contribution in [0.15, 0.2) is 24.3 Å². The largest absolute Gasteiger partial charge is 0.468 e. The smallest absolute Gasteiger partial charge is 0.317 e. The molecule has 1 aromatic carbocycles. The fourth-order valence-corrected chi connectivity index (χ4v) is 2.31. The minimum Gasteiger partial charge on any atom is -0.468 e. The summed E-state index contributed by atoms with van der Waals surface area (Å²) in [5.41, 5.74) is 5.70. The first-order chi connectivity index (χ1) is 9.10. The van der Waals surface area contributed by atoms with Gasteiger partial charge in [0.2, 0.25) is 0 Å². The second kappa shape index (κ2) is 7.24. The maximum Gasteiger partial charge on any atom is 0.317 e. The van der Waals surface area contributed by atoms with Crippen molar-refractivity contribution < 1.29 is 13.9 Å². The van der Waals surface area contributed by atoms with E-state index in [4.69, 9.17) is 10.5 Å². The predicted octanol–water partition coefficient (Wildman–Crippen LogP) is 2.78. The Morgan fingerprint density at radius 1 is 1.32 bits per heavy atom. The topological polar surface area (TPSA) is 52.3 Å². The van der Waals surface area contributed by atoms with Crippen molar-refractivity contribution in [3.05, 3.63) is 35.6 Å². The predicted molar refractivity (Wildman–Crippen MR) is 73.3 cm³/mol. The molecule has 0 aromatic heterocycles. The molecule has 106 valence electrons. The molecule has 0 spiro atoms. The number of hydrogen-bond acceptors (Lipinski definition) is 3. The van der Waals surface area contributed by atoms with Crippen molar-refractivity contribution in [3.8, 4) is 0 Å². The fourth-order valence-electron chi connectivity index (χ4n) is 2.31. The molecule has 2 N–H and O–H groups in total. The molecule has 1 aromatic rings. The Kier molecular flexibility index (Phi) is 5.96. The normalized spacial score (nSPS) is 13.9. The van der Waals surface area contributed by atoms with Crippen molar-refractivity contribution in [2.24, 2.45) is 5.73 Å². The van der Waals surface area contributed by atoms with Crippen molar-refractivity contribution in [2.45, 2.75) is 38.0 Å². The Balaban J connectivity index is 3.08. The Labute approximate surface area is 113 Å². The van der Waals surface area contributed by atoms with Crippen LogP contribution in [-0.2, 0) is 14.9 Å². The maximum absolute atomic E-state index is 13.0. The van der Waals surface area contributed by atoms with E-state index in [9.17, 15) is 9.18 Å². The van der Waals surface area contributed by atoms with Gasteiger partial charge in [0.05, 0.1) is 7.11 Å². The molecule has 0 radical (unpaired) electrons. The first kappa shape index (κ1) is 15.6. The highest BCUT2D eigenvalue weighted by Gasteiger charge is 2.39. The third kappa shape index (κ3) is 3.53. The highest BCUT2D eigenvalue weighted by Crippen LogP contribution is 2.31. The lowest BCUT2D eigenvalue weighted by molar-refractivity contribution is -0.147. The number of benzene rings is 1. The van der Waals surface area contributed by atoms with Crippen LogP contribution in [0.4, 0.5) is 4.39 Å². The van der Waals surface area contributed by atoms with Gasteiger partial charge in [-0.1, -0.05) is 38.3 Å². The molecular formula is C15H22FNO2. The van der Waals surface area contributed by atoms with Crippen molar-refractivity contribution in [2.75, 3.05) is 13.7 Å². The highest BCUT2D eigenvalue weighted by molar-refractivity contribution is 5.83. The lowest BCUT2D eigenvalue weighted by Gasteiger charge is -2.30. The van der Waals surface area contributed by atoms with Crippen LogP contribution in [0.1, 0.15) is 38.2 Å². The average Bonchev–Trinajstić information content (AvgIpc) is 2.44. The standard InChI is InChI=1S/C15H22FNO2/c1-3-4-5-10-15(11-17,14(18)19-2)12-6-8-13(16)9-7-12/h6-9H,3-5,10-11,17H2,1-2H3. The minimum absolute atomic E-state index is 0.162. The Bertz CT molecular complexity index is 405. The molecule has 0 heterocycles. The zero-order valence-electron chi connectivity index (χ0n) is 11.6. The first-order valence-corrected chi connectivity index (χ1v) is 6.65. The molecule has 0 aliphatic carbocycles. The van der Waals surface area contributed by atoms with E-state index in [-0.39, 0.29) is 18.3 Å². The zero-order valence-corrected chi connectivity index (χ0v) is 11.6. The molecular weight excluding hydrogens is 245 g/mol. The molecule has 0 amide bonds. The SMILES string of the molecule is CCCCCC(CN)(C(=O)OC)c1ccc(F)cc1. The number of carbonyl (C=O) groups excluding carboxylic acids is 1. The summed E-state index contributed by atoms with van der Waals surface area (Å²) in [6, 6.07) is 5.93. The number of rotatable bonds is 7. The molecule has 1 rings (SSSR count). The third-order valence-corrected chi connectivity index (χ3v) is 3.53. The number of ether oxygens (including phenoxy) is 1. The summed E-state index contributed by atoms with van der Waals surface area (Å²) in [4.78, 5) is 12.1. The van der Waals surface area contributed by atoms with Gasteiger partial charge in [0.1, 0.15) is 11.2 Å². The summed E-state index contributed by atoms with van der Waals surface area (Å²) < 4.78 is 17.9. The van der Waals surface area contributed by atoms with Gasteiger partial charge in [-0.25, -0.2) is 4.39 Å². The van der Waals surface area contributed by atoms with E-state index in [2.05, 4.69) is 6.92 Å². The summed E-state index contributed by atoms with van der Waals surface area (Å²) in [7, 11) is 1.36. The Morgan fingerprint density at radius 2 is 1.95 bits per heavy atom. The van der Waals surface area contributed by atoms with Crippen LogP contribution in [0.25, 0.3) is 0 Å². The number of methoxy groups -OCH3 is 1. The van der Waals surface area contributed by atoms with Gasteiger partial charge >= 0.3 is 5.97 Å². The van der Waals surface area contributed by atoms with Crippen LogP contribution in [0.5, 0.6) is 0 Å². The second-order valence-electron chi connectivity index (χ2n) is 4.74. The van der Waals surface area contributed by atoms with Gasteiger partial charge in [-0.15, -0.1) is 0 Å². The molecule has 1 atom stereocenters. The molecule has 19 heavy (non-hydrogen) atoms. The first-order valence-electron chi connectivity index (χ1n) is 6.65. The lowest BCUT2D eigenvalue weighted by atomic mass is 9.76. The van der Waals surface area contributed by atoms with Gasteiger partial charge in [-0.05, 0) is 24.1 Å². The lowest BCUT2D eigenvalue weighted by Crippen LogP contribution is -2.43. The monoisotopic (exact) mass is 267 g/mol. The van der Waals surface area contributed by atoms with E-state index in [0.29, 0.717) is 6.42 Å². The van der Waals surface area contributed by atoms with Crippen molar-refractivity contribution >= 4 is 5.97 Å². The maximum atomic E-state index is 13.0. The summed E-state index contributed by atoms with van der Waals surface area (Å²) >= 11 is 0. The molecule has 0 fully saturated rings. The molecule has 0 saturated carbocycles. The van der Waals surface area contributed by atoms with E-state index in [1.807, 2.05) is 0 Å².